The number of ether oxygens (including phenoxy) is 3. The molecular weight excluding hydrogens is 973 g/mol. The van der Waals surface area contributed by atoms with Gasteiger partial charge in [0.1, 0.15) is 11.6 Å². The topological polar surface area (TPSA) is 219 Å². The number of carbonyl (C=O) groups is 5. The summed E-state index contributed by atoms with van der Waals surface area (Å²) in [5.74, 6) is 1.75. The van der Waals surface area contributed by atoms with Crippen LogP contribution in [0.25, 0.3) is 0 Å². The first-order valence-corrected chi connectivity index (χ1v) is 28.3. The Hall–Kier alpha value is -5.13. The quantitative estimate of drug-likeness (QED) is 0.0182. The first kappa shape index (κ1) is 78.4. The van der Waals surface area contributed by atoms with Gasteiger partial charge in [-0.05, 0) is 121 Å². The van der Waals surface area contributed by atoms with Crippen molar-refractivity contribution in [1.82, 2.24) is 10.6 Å². The van der Waals surface area contributed by atoms with E-state index < -0.39 is 5.92 Å². The fourth-order valence-corrected chi connectivity index (χ4v) is 8.10. The van der Waals surface area contributed by atoms with Gasteiger partial charge in [0.25, 0.3) is 0 Å². The van der Waals surface area contributed by atoms with Gasteiger partial charge in [-0.3, -0.25) is 24.0 Å². The maximum atomic E-state index is 12.1. The zero-order valence-electron chi connectivity index (χ0n) is 51.2. The zero-order chi connectivity index (χ0) is 59.9. The van der Waals surface area contributed by atoms with E-state index in [0.29, 0.717) is 54.9 Å². The number of Topliss-reactive ketones (excluding diaryl/α,β-unsaturated/α-hetero) is 2. The summed E-state index contributed by atoms with van der Waals surface area (Å²) in [7, 11) is 1.35. The number of esters is 3. The predicted octanol–water partition coefficient (Wildman–Crippen LogP) is 14.1. The minimum absolute atomic E-state index is 0.00953. The van der Waals surface area contributed by atoms with Gasteiger partial charge in [-0.1, -0.05) is 164 Å². The molecule has 0 spiro atoms. The predicted molar refractivity (Wildman–Crippen MR) is 313 cm³/mol. The molecule has 2 aromatic rings. The van der Waals surface area contributed by atoms with Gasteiger partial charge in [0.2, 0.25) is 12.2 Å². The Morgan fingerprint density at radius 1 is 0.494 bits per heavy atom. The molecule has 0 fully saturated rings. The number of ketones is 2. The minimum atomic E-state index is -0.425. The summed E-state index contributed by atoms with van der Waals surface area (Å²) in [6, 6.07) is 21.3. The summed E-state index contributed by atoms with van der Waals surface area (Å²) >= 11 is 0. The van der Waals surface area contributed by atoms with Crippen LogP contribution >= 0.6 is 0 Å². The van der Waals surface area contributed by atoms with Gasteiger partial charge in [-0.2, -0.15) is 0 Å². The van der Waals surface area contributed by atoms with Crippen LogP contribution in [-0.4, -0.2) is 86.1 Å². The number of carbonyl (C=O) groups excluding carboxylic acids is 7. The van der Waals surface area contributed by atoms with Crippen LogP contribution in [0.2, 0.25) is 0 Å². The van der Waals surface area contributed by atoms with E-state index in [1.54, 1.807) is 13.8 Å². The van der Waals surface area contributed by atoms with Crippen molar-refractivity contribution < 1.29 is 47.8 Å². The van der Waals surface area contributed by atoms with Gasteiger partial charge >= 0.3 is 17.9 Å². The highest BCUT2D eigenvalue weighted by molar-refractivity contribution is 5.83. The lowest BCUT2D eigenvalue weighted by atomic mass is 9.84. The van der Waals surface area contributed by atoms with Crippen molar-refractivity contribution in [3.63, 3.8) is 0 Å². The number of benzene rings is 2. The first-order chi connectivity index (χ1) is 36.1. The van der Waals surface area contributed by atoms with E-state index in [2.05, 4.69) is 103 Å². The summed E-state index contributed by atoms with van der Waals surface area (Å²) in [4.78, 5) is 75.7. The average molecular weight is 1080 g/mol. The molecule has 2 aromatic carbocycles. The average Bonchev–Trinajstić information content (AvgIpc) is 3.35. The Morgan fingerprint density at radius 3 is 1.18 bits per heavy atom. The highest BCUT2D eigenvalue weighted by Crippen LogP contribution is 2.25. The molecule has 4 N–H and O–H groups in total. The highest BCUT2D eigenvalue weighted by atomic mass is 16.5. The Bertz CT molecular complexity index is 1840. The van der Waals surface area contributed by atoms with Crippen molar-refractivity contribution in [1.29, 1.82) is 10.8 Å². The van der Waals surface area contributed by atoms with Crippen molar-refractivity contribution in [2.45, 2.75) is 231 Å². The van der Waals surface area contributed by atoms with Gasteiger partial charge in [0.05, 0.1) is 25.2 Å². The van der Waals surface area contributed by atoms with Gasteiger partial charge in [0, 0.05) is 48.6 Å². The van der Waals surface area contributed by atoms with Crippen molar-refractivity contribution in [2.24, 2.45) is 35.5 Å². The van der Waals surface area contributed by atoms with Crippen LogP contribution < -0.4 is 10.6 Å². The Balaban J connectivity index is -0.000000445. The first-order valence-electron chi connectivity index (χ1n) is 28.3. The van der Waals surface area contributed by atoms with E-state index in [0.717, 1.165) is 56.5 Å². The normalized spacial score (nSPS) is 12.1. The molecule has 0 heterocycles. The Labute approximate surface area is 467 Å². The molecule has 2 rings (SSSR count). The Morgan fingerprint density at radius 2 is 0.844 bits per heavy atom. The van der Waals surface area contributed by atoms with Crippen LogP contribution in [0.3, 0.4) is 0 Å². The maximum absolute atomic E-state index is 12.1. The summed E-state index contributed by atoms with van der Waals surface area (Å²) < 4.78 is 14.9. The number of hydrogen-bond acceptors (Lipinski definition) is 14. The van der Waals surface area contributed by atoms with Crippen LogP contribution in [0.1, 0.15) is 218 Å². The van der Waals surface area contributed by atoms with Crippen LogP contribution in [0.15, 0.2) is 60.7 Å². The molecular formula is C63H108N4O10. The molecule has 14 heteroatoms. The van der Waals surface area contributed by atoms with Crippen LogP contribution in [0.5, 0.6) is 0 Å². The van der Waals surface area contributed by atoms with Crippen LogP contribution in [-0.2, 0) is 47.8 Å². The molecule has 0 bridgehead atoms. The van der Waals surface area contributed by atoms with E-state index in [1.807, 2.05) is 71.9 Å². The zero-order valence-corrected chi connectivity index (χ0v) is 51.2. The van der Waals surface area contributed by atoms with E-state index in [-0.39, 0.29) is 66.0 Å². The molecule has 0 amide bonds. The van der Waals surface area contributed by atoms with Gasteiger partial charge in [0.15, 0.2) is 0 Å². The van der Waals surface area contributed by atoms with Gasteiger partial charge in [-0.15, -0.1) is 0 Å². The maximum Gasteiger partial charge on any atom is 0.313 e. The molecule has 4 atom stereocenters. The van der Waals surface area contributed by atoms with Crippen molar-refractivity contribution >= 4 is 41.6 Å². The Kier molecular flexibility index (Phi) is 51.3. The molecule has 0 aliphatic carbocycles. The third-order valence-corrected chi connectivity index (χ3v) is 11.7. The number of unbranched alkanes of at least 4 members (excludes halogenated alkanes) is 2. The molecule has 0 aliphatic heterocycles. The SMILES string of the molecule is CC(C)CC(CCC(=O)OC(C)C)C(=O)C(C)C.CC(C)CC(CCCCNC(C)C)C(=O)C(C)C.CC(C)NCCCCC(C)c1ccccc1.COC(=O)C(CCC(=O)OC(C)C)c1ccccc1.N=C=O.N=C=O. The third-order valence-electron chi connectivity index (χ3n) is 11.7. The number of hydrogen-bond donors (Lipinski definition) is 4. The molecule has 0 saturated heterocycles. The molecule has 0 radical (unpaired) electrons. The summed E-state index contributed by atoms with van der Waals surface area (Å²) in [5.41, 5.74) is 2.33. The lowest BCUT2D eigenvalue weighted by molar-refractivity contribution is -0.149. The second-order valence-electron chi connectivity index (χ2n) is 22.1. The van der Waals surface area contributed by atoms with Crippen LogP contribution in [0, 0.1) is 46.3 Å². The van der Waals surface area contributed by atoms with Gasteiger partial charge < -0.3 is 24.8 Å². The van der Waals surface area contributed by atoms with Crippen molar-refractivity contribution in [2.75, 3.05) is 20.2 Å². The van der Waals surface area contributed by atoms with Crippen molar-refractivity contribution in [3.05, 3.63) is 71.8 Å². The molecule has 440 valence electrons. The molecule has 14 nitrogen and oxygen atoms in total. The van der Waals surface area contributed by atoms with Crippen molar-refractivity contribution in [3.8, 4) is 0 Å². The van der Waals surface area contributed by atoms with Gasteiger partial charge in [-0.25, -0.2) is 20.4 Å². The molecule has 0 aromatic heterocycles. The molecule has 0 aliphatic rings. The van der Waals surface area contributed by atoms with E-state index >= 15 is 0 Å². The monoisotopic (exact) mass is 1080 g/mol. The van der Waals surface area contributed by atoms with E-state index in [4.69, 9.17) is 34.6 Å². The lowest BCUT2D eigenvalue weighted by Gasteiger charge is -2.20. The minimum Gasteiger partial charge on any atom is -0.469 e. The van der Waals surface area contributed by atoms with E-state index in [1.165, 1.54) is 38.4 Å². The van der Waals surface area contributed by atoms with E-state index in [9.17, 15) is 24.0 Å². The fraction of sp³-hybridized carbons (Fsp3) is 0.698. The lowest BCUT2D eigenvalue weighted by Crippen LogP contribution is -2.24. The third kappa shape index (κ3) is 48.9. The molecule has 77 heavy (non-hydrogen) atoms. The number of methoxy groups -OCH3 is 1. The second kappa shape index (κ2) is 50.4. The highest BCUT2D eigenvalue weighted by Gasteiger charge is 2.25. The summed E-state index contributed by atoms with van der Waals surface area (Å²) in [5, 5.41) is 17.7. The number of nitrogens with one attached hydrogen (secondary N) is 4. The number of rotatable bonds is 31. The standard InChI is InChI=1S/C16H33NO.C15H25N.C15H20O4.C15H28O3.2CHNO/c1-12(2)11-15(16(18)13(3)4)9-7-8-10-17-14(5)6;1-13(2)16-12-8-7-9-14(3)15-10-5-4-6-11-15;1-11(2)19-14(16)10-9-13(15(17)18-3)12-7-5-4-6-8-12;1-10(2)9-13(15(17)11(3)4)7-8-14(16)18-12(5)6;2*2-1-3/h12-15,17H,7-11H2,1-6H3;4-6,10-11,13-14,16H,7-9,12H2,1-3H3;4-8,11,13H,9-10H2,1-3H3;10-13H,7-9H2,1-6H3;2*2H. The summed E-state index contributed by atoms with van der Waals surface area (Å²) in [6.07, 6.45) is 12.0. The molecule has 4 unspecified atom stereocenters. The molecule has 0 saturated carbocycles. The van der Waals surface area contributed by atoms with Crippen LogP contribution in [0.4, 0.5) is 0 Å². The second-order valence-corrected chi connectivity index (χ2v) is 22.1. The largest absolute Gasteiger partial charge is 0.469 e. The fourth-order valence-electron chi connectivity index (χ4n) is 8.10. The number of isocyanates is 2. The smallest absolute Gasteiger partial charge is 0.313 e. The summed E-state index contributed by atoms with van der Waals surface area (Å²) in [6.45, 7) is 37.1.